The van der Waals surface area contributed by atoms with E-state index < -0.39 is 0 Å². The van der Waals surface area contributed by atoms with E-state index in [0.29, 0.717) is 0 Å². The number of hydrogen-bond acceptors (Lipinski definition) is 1. The zero-order valence-corrected chi connectivity index (χ0v) is 24.4. The fraction of sp³-hybridized carbons (Fsp3) is 0. The van der Waals surface area contributed by atoms with Gasteiger partial charge in [-0.3, -0.25) is 4.98 Å². The first-order valence-corrected chi connectivity index (χ1v) is 15.5. The summed E-state index contributed by atoms with van der Waals surface area (Å²) in [6.07, 6.45) is 3.92. The second kappa shape index (κ2) is 9.32. The highest BCUT2D eigenvalue weighted by atomic mass is 15.0. The van der Waals surface area contributed by atoms with E-state index in [-0.39, 0.29) is 6.85 Å². The summed E-state index contributed by atoms with van der Waals surface area (Å²) in [6.45, 7) is -0.0515. The molecule has 0 atom stereocenters. The molecule has 0 bridgehead atoms. The van der Waals surface area contributed by atoms with Crippen LogP contribution in [0, 0.1) is 0 Å². The normalized spacial score (nSPS) is 12.4. The molecule has 4 heteroatoms. The average Bonchev–Trinajstić information content (AvgIpc) is 3.64. The molecular weight excluding hydrogens is 545 g/mol. The van der Waals surface area contributed by atoms with Crippen LogP contribution in [0.3, 0.4) is 0 Å². The average molecular weight is 571 g/mol. The molecule has 3 aromatic heterocycles. The minimum Gasteiger partial charge on any atom is -0.375 e. The first-order chi connectivity index (χ1) is 22.4. The van der Waals surface area contributed by atoms with Gasteiger partial charge < -0.3 is 9.05 Å². The topological polar surface area (TPSA) is 22.8 Å². The van der Waals surface area contributed by atoms with Crippen molar-refractivity contribution in [3.8, 4) is 27.9 Å². The summed E-state index contributed by atoms with van der Waals surface area (Å²) < 4.78 is 5.11. The highest BCUT2D eigenvalue weighted by Gasteiger charge is 2.37. The summed E-state index contributed by atoms with van der Waals surface area (Å²) in [6, 6.07) is 53.2. The van der Waals surface area contributed by atoms with E-state index in [2.05, 4.69) is 160 Å². The van der Waals surface area contributed by atoms with Crippen molar-refractivity contribution in [1.29, 1.82) is 0 Å². The largest absolute Gasteiger partial charge is 0.375 e. The van der Waals surface area contributed by atoms with Crippen LogP contribution < -0.4 is 10.9 Å². The molecule has 0 radical (unpaired) electrons. The van der Waals surface area contributed by atoms with Gasteiger partial charge >= 0.3 is 6.85 Å². The first-order valence-electron chi connectivity index (χ1n) is 15.5. The van der Waals surface area contributed by atoms with Crippen LogP contribution in [0.25, 0.3) is 71.6 Å². The Morgan fingerprint density at radius 2 is 1.00 bits per heavy atom. The van der Waals surface area contributed by atoms with Gasteiger partial charge in [0.15, 0.2) is 0 Å². The molecule has 0 saturated heterocycles. The van der Waals surface area contributed by atoms with Gasteiger partial charge in [0.25, 0.3) is 0 Å². The molecular formula is C41H26BN3. The van der Waals surface area contributed by atoms with Gasteiger partial charge in [0, 0.05) is 61.8 Å². The fourth-order valence-corrected chi connectivity index (χ4v) is 7.89. The molecule has 9 aromatic rings. The number of aromatic nitrogens is 3. The predicted molar refractivity (Wildman–Crippen MR) is 189 cm³/mol. The second-order valence-corrected chi connectivity index (χ2v) is 11.9. The Hall–Kier alpha value is -5.87. The Bertz CT molecular complexity index is 2500. The molecule has 4 heterocycles. The van der Waals surface area contributed by atoms with Crippen LogP contribution in [0.5, 0.6) is 0 Å². The predicted octanol–water partition coefficient (Wildman–Crippen LogP) is 8.59. The van der Waals surface area contributed by atoms with Crippen molar-refractivity contribution in [3.63, 3.8) is 0 Å². The molecule has 0 unspecified atom stereocenters. The van der Waals surface area contributed by atoms with Gasteiger partial charge in [0.1, 0.15) is 0 Å². The summed E-state index contributed by atoms with van der Waals surface area (Å²) in [5, 5.41) is 4.96. The second-order valence-electron chi connectivity index (χ2n) is 11.9. The van der Waals surface area contributed by atoms with Crippen molar-refractivity contribution in [3.05, 3.63) is 158 Å². The zero-order valence-electron chi connectivity index (χ0n) is 24.4. The molecule has 0 spiro atoms. The lowest BCUT2D eigenvalue weighted by molar-refractivity contribution is 1.17. The monoisotopic (exact) mass is 571 g/mol. The Morgan fingerprint density at radius 3 is 1.67 bits per heavy atom. The van der Waals surface area contributed by atoms with Crippen molar-refractivity contribution in [2.24, 2.45) is 0 Å². The van der Waals surface area contributed by atoms with Gasteiger partial charge in [0.2, 0.25) is 0 Å². The molecule has 1 aliphatic heterocycles. The van der Waals surface area contributed by atoms with Crippen molar-refractivity contribution >= 4 is 61.4 Å². The number of benzene rings is 6. The fourth-order valence-electron chi connectivity index (χ4n) is 7.89. The molecule has 0 amide bonds. The van der Waals surface area contributed by atoms with Crippen LogP contribution in [-0.2, 0) is 0 Å². The minimum atomic E-state index is -0.0515. The lowest BCUT2D eigenvalue weighted by Crippen LogP contribution is -2.53. The third-order valence-electron chi connectivity index (χ3n) is 9.66. The molecule has 10 rings (SSSR count). The van der Waals surface area contributed by atoms with Crippen LogP contribution in [-0.4, -0.2) is 20.9 Å². The minimum absolute atomic E-state index is 0.0515. The van der Waals surface area contributed by atoms with E-state index in [0.717, 1.165) is 0 Å². The standard InChI is InChI=1S/C41H26BN3/c1-3-12-27(13-4-1)29-16-9-18-31-32-19-10-17-30(28-14-5-2-6-15-28)40(32)45(39(29)31)42-35-21-7-8-23-38(35)44-37-24-25-43-26-34(37)33-20-11-22-36(42)41(33)44/h1-26H. The van der Waals surface area contributed by atoms with E-state index in [1.54, 1.807) is 0 Å². The maximum atomic E-state index is 4.54. The summed E-state index contributed by atoms with van der Waals surface area (Å²) in [5.41, 5.74) is 13.7. The first kappa shape index (κ1) is 24.6. The lowest BCUT2D eigenvalue weighted by Gasteiger charge is -2.29. The number of hydrogen-bond donors (Lipinski definition) is 0. The highest BCUT2D eigenvalue weighted by molar-refractivity contribution is 6.88. The van der Waals surface area contributed by atoms with Crippen molar-refractivity contribution in [2.75, 3.05) is 0 Å². The zero-order chi connectivity index (χ0) is 29.5. The summed E-state index contributed by atoms with van der Waals surface area (Å²) in [7, 11) is 0. The molecule has 0 aliphatic carbocycles. The molecule has 3 nitrogen and oxygen atoms in total. The van der Waals surface area contributed by atoms with Crippen molar-refractivity contribution in [2.45, 2.75) is 0 Å². The molecule has 0 saturated carbocycles. The molecule has 45 heavy (non-hydrogen) atoms. The van der Waals surface area contributed by atoms with E-state index >= 15 is 0 Å². The van der Waals surface area contributed by atoms with Gasteiger partial charge in [0.05, 0.1) is 11.0 Å². The number of rotatable bonds is 3. The van der Waals surface area contributed by atoms with Crippen LogP contribution >= 0.6 is 0 Å². The number of nitrogens with zero attached hydrogens (tertiary/aromatic N) is 3. The quantitative estimate of drug-likeness (QED) is 0.195. The Kier molecular flexibility index (Phi) is 5.08. The van der Waals surface area contributed by atoms with Crippen LogP contribution in [0.4, 0.5) is 0 Å². The summed E-state index contributed by atoms with van der Waals surface area (Å²) >= 11 is 0. The highest BCUT2D eigenvalue weighted by Crippen LogP contribution is 2.41. The summed E-state index contributed by atoms with van der Waals surface area (Å²) in [5.74, 6) is 0. The van der Waals surface area contributed by atoms with Gasteiger partial charge in [-0.05, 0) is 34.2 Å². The third kappa shape index (κ3) is 3.34. The molecule has 0 fully saturated rings. The van der Waals surface area contributed by atoms with E-state index in [1.807, 2.05) is 12.4 Å². The molecule has 6 aromatic carbocycles. The van der Waals surface area contributed by atoms with Gasteiger partial charge in [-0.25, -0.2) is 0 Å². The number of para-hydroxylation sites is 4. The lowest BCUT2D eigenvalue weighted by atomic mass is 9.48. The maximum absolute atomic E-state index is 4.54. The third-order valence-corrected chi connectivity index (χ3v) is 9.66. The number of pyridine rings is 1. The van der Waals surface area contributed by atoms with Gasteiger partial charge in [-0.15, -0.1) is 0 Å². The Morgan fingerprint density at radius 1 is 0.444 bits per heavy atom. The Labute approximate surface area is 260 Å². The summed E-state index contributed by atoms with van der Waals surface area (Å²) in [4.78, 5) is 4.54. The number of fused-ring (bicyclic) bond motifs is 8. The van der Waals surface area contributed by atoms with Crippen molar-refractivity contribution < 1.29 is 0 Å². The maximum Gasteiger partial charge on any atom is 0.332 e. The van der Waals surface area contributed by atoms with Crippen molar-refractivity contribution in [1.82, 2.24) is 14.0 Å². The Balaban J connectivity index is 1.44. The van der Waals surface area contributed by atoms with Gasteiger partial charge in [-0.2, -0.15) is 0 Å². The molecule has 0 N–H and O–H groups in total. The van der Waals surface area contributed by atoms with E-state index in [4.69, 9.17) is 0 Å². The van der Waals surface area contributed by atoms with Crippen LogP contribution in [0.2, 0.25) is 0 Å². The van der Waals surface area contributed by atoms with Gasteiger partial charge in [-0.1, -0.05) is 133 Å². The molecule has 208 valence electrons. The van der Waals surface area contributed by atoms with E-state index in [9.17, 15) is 0 Å². The van der Waals surface area contributed by atoms with Crippen LogP contribution in [0.15, 0.2) is 158 Å². The van der Waals surface area contributed by atoms with Crippen LogP contribution in [0.1, 0.15) is 0 Å². The molecule has 1 aliphatic rings. The smallest absolute Gasteiger partial charge is 0.332 e. The van der Waals surface area contributed by atoms with E-state index in [1.165, 1.54) is 82.5 Å². The SMILES string of the molecule is c1ccc(-c2cccc3c4cccc(-c5ccccc5)c4n(B4c5ccccc5-n5c6ccncc6c6cccc4c65)c23)cc1.